The molecule has 30 heavy (non-hydrogen) atoms. The Kier molecular flexibility index (Phi) is 6.60. The van der Waals surface area contributed by atoms with Gasteiger partial charge in [0.15, 0.2) is 0 Å². The van der Waals surface area contributed by atoms with Crippen molar-refractivity contribution in [1.29, 1.82) is 0 Å². The van der Waals surface area contributed by atoms with Crippen LogP contribution in [0.4, 0.5) is 0 Å². The Morgan fingerprint density at radius 3 is 2.60 bits per heavy atom. The van der Waals surface area contributed by atoms with Gasteiger partial charge in [0.1, 0.15) is 12.4 Å². The topological polar surface area (TPSA) is 47.4 Å². The minimum atomic E-state index is 0.0845. The first-order valence-corrected chi connectivity index (χ1v) is 10.7. The van der Waals surface area contributed by atoms with Crippen LogP contribution in [0.2, 0.25) is 0 Å². The lowest BCUT2D eigenvalue weighted by Gasteiger charge is -2.33. The van der Waals surface area contributed by atoms with Gasteiger partial charge in [-0.15, -0.1) is 0 Å². The highest BCUT2D eigenvalue weighted by molar-refractivity contribution is 5.77. The molecule has 1 aliphatic rings. The number of benzene rings is 2. The number of imidazole rings is 1. The van der Waals surface area contributed by atoms with Crippen molar-refractivity contribution >= 4 is 5.91 Å². The second-order valence-corrected chi connectivity index (χ2v) is 8.03. The van der Waals surface area contributed by atoms with Crippen LogP contribution in [-0.2, 0) is 22.7 Å². The van der Waals surface area contributed by atoms with Gasteiger partial charge in [0, 0.05) is 37.1 Å². The van der Waals surface area contributed by atoms with Crippen molar-refractivity contribution in [3.05, 3.63) is 78.1 Å². The quantitative estimate of drug-likeness (QED) is 0.590. The third-order valence-electron chi connectivity index (χ3n) is 5.74. The molecule has 1 atom stereocenters. The van der Waals surface area contributed by atoms with Crippen molar-refractivity contribution in [3.63, 3.8) is 0 Å². The van der Waals surface area contributed by atoms with Gasteiger partial charge in [0.05, 0.1) is 6.61 Å². The summed E-state index contributed by atoms with van der Waals surface area (Å²) in [5, 5.41) is 0. The number of carbonyl (C=O) groups excluding carboxylic acids is 1. The molecule has 4 rings (SSSR count). The molecular weight excluding hydrogens is 374 g/mol. The normalized spacial score (nSPS) is 16.6. The van der Waals surface area contributed by atoms with E-state index in [0.717, 1.165) is 55.1 Å². The number of ether oxygens (including phenoxy) is 1. The monoisotopic (exact) mass is 403 g/mol. The molecule has 0 bridgehead atoms. The molecule has 1 unspecified atom stereocenters. The highest BCUT2D eigenvalue weighted by Crippen LogP contribution is 2.24. The van der Waals surface area contributed by atoms with Crippen LogP contribution < -0.4 is 0 Å². The Morgan fingerprint density at radius 1 is 1.10 bits per heavy atom. The lowest BCUT2D eigenvalue weighted by Crippen LogP contribution is -2.42. The maximum Gasteiger partial charge on any atom is 0.248 e. The highest BCUT2D eigenvalue weighted by Gasteiger charge is 2.25. The lowest BCUT2D eigenvalue weighted by molar-refractivity contribution is -0.138. The van der Waals surface area contributed by atoms with Gasteiger partial charge in [-0.25, -0.2) is 4.98 Å². The summed E-state index contributed by atoms with van der Waals surface area (Å²) >= 11 is 0. The maximum absolute atomic E-state index is 12.7. The first-order valence-electron chi connectivity index (χ1n) is 10.7. The van der Waals surface area contributed by atoms with Crippen LogP contribution >= 0.6 is 0 Å². The first kappa shape index (κ1) is 20.4. The van der Waals surface area contributed by atoms with Crippen molar-refractivity contribution < 1.29 is 9.53 Å². The number of aromatic nitrogens is 2. The molecule has 1 aromatic heterocycles. The van der Waals surface area contributed by atoms with Crippen LogP contribution in [0.25, 0.3) is 11.4 Å². The van der Waals surface area contributed by atoms with Crippen LogP contribution in [0.5, 0.6) is 0 Å². The molecule has 5 nitrogen and oxygen atoms in total. The van der Waals surface area contributed by atoms with E-state index in [2.05, 4.69) is 28.6 Å². The summed E-state index contributed by atoms with van der Waals surface area (Å²) in [6, 6.07) is 20.3. The lowest BCUT2D eigenvalue weighted by atomic mass is 9.97. The van der Waals surface area contributed by atoms with Crippen molar-refractivity contribution in [1.82, 2.24) is 14.5 Å². The van der Waals surface area contributed by atoms with E-state index in [1.165, 1.54) is 0 Å². The Labute approximate surface area is 178 Å². The Hall–Kier alpha value is -2.92. The van der Waals surface area contributed by atoms with E-state index < -0.39 is 0 Å². The van der Waals surface area contributed by atoms with Gasteiger partial charge in [0.2, 0.25) is 5.91 Å². The number of piperidine rings is 1. The SMILES string of the molecule is Cc1cnc(-c2ccccc2)n1CC1CCCN(C(=O)COCc2ccccc2)C1. The van der Waals surface area contributed by atoms with E-state index >= 15 is 0 Å². The number of rotatable bonds is 7. The molecule has 0 spiro atoms. The summed E-state index contributed by atoms with van der Waals surface area (Å²) < 4.78 is 7.96. The average molecular weight is 404 g/mol. The Bertz CT molecular complexity index is 953. The molecule has 1 aliphatic heterocycles. The fraction of sp³-hybridized carbons (Fsp3) is 0.360. The molecule has 0 radical (unpaired) electrons. The van der Waals surface area contributed by atoms with E-state index in [9.17, 15) is 4.79 Å². The van der Waals surface area contributed by atoms with Crippen LogP contribution in [0, 0.1) is 12.8 Å². The molecule has 156 valence electrons. The standard InChI is InChI=1S/C25H29N3O2/c1-20-15-26-25(23-12-6-3-7-13-23)28(20)17-22-11-8-14-27(16-22)24(29)19-30-18-21-9-4-2-5-10-21/h2-7,9-10,12-13,15,22H,8,11,14,16-19H2,1H3. The van der Waals surface area contributed by atoms with E-state index in [1.54, 1.807) is 0 Å². The minimum absolute atomic E-state index is 0.0845. The minimum Gasteiger partial charge on any atom is -0.367 e. The predicted octanol–water partition coefficient (Wildman–Crippen LogP) is 4.31. The molecule has 2 aromatic carbocycles. The third kappa shape index (κ3) is 4.97. The van der Waals surface area contributed by atoms with Gasteiger partial charge in [0.25, 0.3) is 0 Å². The molecule has 0 aliphatic carbocycles. The van der Waals surface area contributed by atoms with Gasteiger partial charge in [-0.2, -0.15) is 0 Å². The van der Waals surface area contributed by atoms with Crippen LogP contribution in [0.1, 0.15) is 24.1 Å². The van der Waals surface area contributed by atoms with Gasteiger partial charge < -0.3 is 14.2 Å². The maximum atomic E-state index is 12.7. The molecule has 1 saturated heterocycles. The van der Waals surface area contributed by atoms with Gasteiger partial charge >= 0.3 is 0 Å². The van der Waals surface area contributed by atoms with E-state index in [0.29, 0.717) is 12.5 Å². The number of hydrogen-bond acceptors (Lipinski definition) is 3. The van der Waals surface area contributed by atoms with Crippen molar-refractivity contribution in [2.45, 2.75) is 32.9 Å². The largest absolute Gasteiger partial charge is 0.367 e. The summed E-state index contributed by atoms with van der Waals surface area (Å²) in [7, 11) is 0. The van der Waals surface area contributed by atoms with Crippen molar-refractivity contribution in [2.24, 2.45) is 5.92 Å². The van der Waals surface area contributed by atoms with Crippen molar-refractivity contribution in [2.75, 3.05) is 19.7 Å². The van der Waals surface area contributed by atoms with Gasteiger partial charge in [-0.1, -0.05) is 60.7 Å². The van der Waals surface area contributed by atoms with E-state index in [-0.39, 0.29) is 12.5 Å². The van der Waals surface area contributed by atoms with Crippen LogP contribution in [0.3, 0.4) is 0 Å². The Balaban J connectivity index is 1.34. The summed E-state index contributed by atoms with van der Waals surface area (Å²) in [5.41, 5.74) is 3.37. The fourth-order valence-electron chi connectivity index (χ4n) is 4.13. The molecule has 1 fully saturated rings. The number of likely N-dealkylation sites (tertiary alicyclic amines) is 1. The number of carbonyl (C=O) groups is 1. The zero-order valence-corrected chi connectivity index (χ0v) is 17.5. The molecule has 0 saturated carbocycles. The molecular formula is C25H29N3O2. The second-order valence-electron chi connectivity index (χ2n) is 8.03. The zero-order valence-electron chi connectivity index (χ0n) is 17.5. The predicted molar refractivity (Wildman–Crippen MR) is 118 cm³/mol. The zero-order chi connectivity index (χ0) is 20.8. The average Bonchev–Trinajstić information content (AvgIpc) is 3.15. The third-order valence-corrected chi connectivity index (χ3v) is 5.74. The molecule has 0 N–H and O–H groups in total. The molecule has 5 heteroatoms. The smallest absolute Gasteiger partial charge is 0.248 e. The first-order chi connectivity index (χ1) is 14.7. The van der Waals surface area contributed by atoms with E-state index in [4.69, 9.17) is 4.74 Å². The second kappa shape index (κ2) is 9.72. The van der Waals surface area contributed by atoms with E-state index in [1.807, 2.05) is 59.6 Å². The summed E-state index contributed by atoms with van der Waals surface area (Å²) in [5.74, 6) is 1.51. The fourth-order valence-corrected chi connectivity index (χ4v) is 4.13. The van der Waals surface area contributed by atoms with Gasteiger partial charge in [-0.05, 0) is 31.2 Å². The molecule has 3 aromatic rings. The highest BCUT2D eigenvalue weighted by atomic mass is 16.5. The molecule has 2 heterocycles. The summed E-state index contributed by atoms with van der Waals surface area (Å²) in [4.78, 5) is 19.3. The number of nitrogens with zero attached hydrogens (tertiary/aromatic N) is 3. The van der Waals surface area contributed by atoms with Crippen LogP contribution in [-0.4, -0.2) is 40.1 Å². The summed E-state index contributed by atoms with van der Waals surface area (Å²) in [6.07, 6.45) is 4.09. The molecule has 1 amide bonds. The van der Waals surface area contributed by atoms with Crippen molar-refractivity contribution in [3.8, 4) is 11.4 Å². The number of amides is 1. The Morgan fingerprint density at radius 2 is 1.83 bits per heavy atom. The van der Waals surface area contributed by atoms with Crippen LogP contribution in [0.15, 0.2) is 66.9 Å². The number of aryl methyl sites for hydroxylation is 1. The number of hydrogen-bond donors (Lipinski definition) is 0. The van der Waals surface area contributed by atoms with Gasteiger partial charge in [-0.3, -0.25) is 4.79 Å². The summed E-state index contributed by atoms with van der Waals surface area (Å²) in [6.45, 7) is 5.19.